The predicted octanol–water partition coefficient (Wildman–Crippen LogP) is -4.95. The molecule has 0 amide bonds. The zero-order chi connectivity index (χ0) is 14.3. The summed E-state index contributed by atoms with van der Waals surface area (Å²) in [5, 5.41) is 34.1. The van der Waals surface area contributed by atoms with Gasteiger partial charge in [-0.1, -0.05) is 0 Å². The van der Waals surface area contributed by atoms with Crippen molar-refractivity contribution >= 4 is 23.9 Å². The number of hydrogen-bond acceptors (Lipinski definition) is 6. The van der Waals surface area contributed by atoms with Crippen LogP contribution in [0.2, 0.25) is 0 Å². The van der Waals surface area contributed by atoms with Crippen molar-refractivity contribution in [2.24, 2.45) is 0 Å². The second kappa shape index (κ2) is 10.3. The van der Waals surface area contributed by atoms with Gasteiger partial charge >= 0.3 is 75.3 Å². The van der Waals surface area contributed by atoms with Crippen LogP contribution in [0.1, 0.15) is 14.3 Å². The van der Waals surface area contributed by atoms with Crippen molar-refractivity contribution in [3.8, 4) is 0 Å². The number of nitrogens with one attached hydrogen (secondary N) is 2. The van der Waals surface area contributed by atoms with Gasteiger partial charge in [0.15, 0.2) is 0 Å². The van der Waals surface area contributed by atoms with Gasteiger partial charge in [0.2, 0.25) is 0 Å². The van der Waals surface area contributed by atoms with Crippen molar-refractivity contribution in [2.75, 3.05) is 0 Å². The van der Waals surface area contributed by atoms with Crippen LogP contribution in [0.5, 0.6) is 0 Å². The monoisotopic (exact) mass is 304 g/mol. The summed E-state index contributed by atoms with van der Waals surface area (Å²) in [6, 6.07) is -3.14. The zero-order valence-corrected chi connectivity index (χ0v) is 13.1. The first-order valence-electron chi connectivity index (χ1n) is 4.64. The minimum absolute atomic E-state index is 0. The van der Waals surface area contributed by atoms with E-state index in [1.54, 1.807) is 0 Å². The van der Waals surface area contributed by atoms with Crippen LogP contribution >= 0.6 is 0 Å². The first-order valence-corrected chi connectivity index (χ1v) is 4.64. The maximum atomic E-state index is 10.6. The average molecular weight is 304 g/mol. The van der Waals surface area contributed by atoms with Gasteiger partial charge in [0.05, 0.1) is 12.8 Å². The van der Waals surface area contributed by atoms with E-state index in [1.807, 2.05) is 10.9 Å². The van der Waals surface area contributed by atoms with E-state index in [0.717, 1.165) is 0 Å². The SMILES string of the molecule is O=C(O)C[C@H](NN[C@@H](CC(=O)O)C(=O)O)C(=O)O.[H-].[K+]. The van der Waals surface area contributed by atoms with Crippen molar-refractivity contribution in [2.45, 2.75) is 24.9 Å². The largest absolute Gasteiger partial charge is 1.00 e. The number of aliphatic carboxylic acids is 4. The second-order valence-corrected chi connectivity index (χ2v) is 3.27. The van der Waals surface area contributed by atoms with E-state index < -0.39 is 48.8 Å². The van der Waals surface area contributed by atoms with Crippen LogP contribution < -0.4 is 62.2 Å². The van der Waals surface area contributed by atoms with Crippen molar-refractivity contribution in [1.29, 1.82) is 0 Å². The summed E-state index contributed by atoms with van der Waals surface area (Å²) >= 11 is 0. The molecular weight excluding hydrogens is 291 g/mol. The van der Waals surface area contributed by atoms with Gasteiger partial charge in [-0.2, -0.15) is 0 Å². The second-order valence-electron chi connectivity index (χ2n) is 3.27. The fourth-order valence-corrected chi connectivity index (χ4v) is 0.951. The normalized spacial score (nSPS) is 12.8. The Balaban J connectivity index is -0.00000144. The summed E-state index contributed by atoms with van der Waals surface area (Å²) < 4.78 is 0. The molecule has 104 valence electrons. The standard InChI is InChI=1S/C8H12N2O8.K.H/c11-5(12)1-3(7(15)16)9-10-4(8(17)18)2-6(13)14;;/h3-4,9-10H,1-2H2,(H,11,12)(H,13,14)(H,15,16)(H,17,18);;/q;+1;-1/t3-,4-;;/m0../s1. The first kappa shape index (κ1) is 20.7. The molecule has 6 N–H and O–H groups in total. The maximum absolute atomic E-state index is 10.6. The molecule has 19 heavy (non-hydrogen) atoms. The smallest absolute Gasteiger partial charge is 1.00 e. The van der Waals surface area contributed by atoms with Crippen LogP contribution in [-0.4, -0.2) is 56.4 Å². The average Bonchev–Trinajstić information content (AvgIpc) is 2.20. The molecule has 0 aromatic heterocycles. The molecule has 0 aromatic rings. The Morgan fingerprint density at radius 3 is 1.21 bits per heavy atom. The fourth-order valence-electron chi connectivity index (χ4n) is 0.951. The fraction of sp³-hybridized carbons (Fsp3) is 0.500. The molecule has 0 aliphatic rings. The van der Waals surface area contributed by atoms with Gasteiger partial charge in [0.1, 0.15) is 12.1 Å². The minimum Gasteiger partial charge on any atom is -1.00 e. The molecule has 0 aliphatic heterocycles. The molecule has 0 spiro atoms. The minimum atomic E-state index is -1.57. The van der Waals surface area contributed by atoms with Gasteiger partial charge in [-0.3, -0.25) is 19.2 Å². The molecule has 10 nitrogen and oxygen atoms in total. The number of rotatable bonds is 9. The van der Waals surface area contributed by atoms with E-state index in [9.17, 15) is 19.2 Å². The molecule has 0 bridgehead atoms. The molecule has 0 unspecified atom stereocenters. The summed E-state index contributed by atoms with van der Waals surface area (Å²) in [6.07, 6.45) is -1.58. The van der Waals surface area contributed by atoms with E-state index in [0.29, 0.717) is 0 Å². The molecule has 0 fully saturated rings. The molecular formula is C8H13KN2O8. The van der Waals surface area contributed by atoms with Crippen LogP contribution in [-0.2, 0) is 19.2 Å². The summed E-state index contributed by atoms with van der Waals surface area (Å²) in [6.45, 7) is 0. The summed E-state index contributed by atoms with van der Waals surface area (Å²) in [5.74, 6) is -5.82. The Kier molecular flexibility index (Phi) is 11.2. The van der Waals surface area contributed by atoms with E-state index >= 15 is 0 Å². The van der Waals surface area contributed by atoms with Gasteiger partial charge in [-0.05, 0) is 0 Å². The number of carboxylic acids is 4. The van der Waals surface area contributed by atoms with Crippen LogP contribution in [0, 0.1) is 0 Å². The number of hydrogen-bond donors (Lipinski definition) is 6. The van der Waals surface area contributed by atoms with E-state index in [4.69, 9.17) is 20.4 Å². The third kappa shape index (κ3) is 9.95. The van der Waals surface area contributed by atoms with Gasteiger partial charge in [-0.25, -0.2) is 10.9 Å². The molecule has 0 rings (SSSR count). The van der Waals surface area contributed by atoms with Crippen molar-refractivity contribution in [1.82, 2.24) is 10.9 Å². The predicted molar refractivity (Wildman–Crippen MR) is 54.7 cm³/mol. The van der Waals surface area contributed by atoms with Gasteiger partial charge in [0.25, 0.3) is 0 Å². The molecule has 0 heterocycles. The van der Waals surface area contributed by atoms with Gasteiger partial charge in [0, 0.05) is 0 Å². The van der Waals surface area contributed by atoms with Gasteiger partial charge < -0.3 is 21.9 Å². The number of hydrazine groups is 1. The Bertz CT molecular complexity index is 332. The molecule has 0 saturated carbocycles. The zero-order valence-electron chi connectivity index (χ0n) is 11.0. The van der Waals surface area contributed by atoms with Gasteiger partial charge in [-0.15, -0.1) is 0 Å². The molecule has 0 aromatic carbocycles. The first-order chi connectivity index (χ1) is 8.23. The molecule has 0 saturated heterocycles. The Labute approximate surface area is 151 Å². The summed E-state index contributed by atoms with van der Waals surface area (Å²) in [5.41, 5.74) is 3.93. The van der Waals surface area contributed by atoms with Crippen LogP contribution in [0.15, 0.2) is 0 Å². The Morgan fingerprint density at radius 1 is 0.789 bits per heavy atom. The van der Waals surface area contributed by atoms with Crippen molar-refractivity contribution in [3.63, 3.8) is 0 Å². The van der Waals surface area contributed by atoms with Crippen LogP contribution in [0.3, 0.4) is 0 Å². The quantitative estimate of drug-likeness (QED) is 0.179. The van der Waals surface area contributed by atoms with Crippen molar-refractivity contribution < 1.29 is 92.4 Å². The maximum Gasteiger partial charge on any atom is 1.00 e. The van der Waals surface area contributed by atoms with Crippen molar-refractivity contribution in [3.05, 3.63) is 0 Å². The molecule has 11 heteroatoms. The third-order valence-electron chi connectivity index (χ3n) is 1.79. The topological polar surface area (TPSA) is 173 Å². The van der Waals surface area contributed by atoms with E-state index in [2.05, 4.69) is 0 Å². The number of carbonyl (C=O) groups is 4. The van der Waals surface area contributed by atoms with E-state index in [-0.39, 0.29) is 52.8 Å². The summed E-state index contributed by atoms with van der Waals surface area (Å²) in [7, 11) is 0. The molecule has 0 radical (unpaired) electrons. The summed E-state index contributed by atoms with van der Waals surface area (Å²) in [4.78, 5) is 41.9. The Morgan fingerprint density at radius 2 is 1.05 bits per heavy atom. The van der Waals surface area contributed by atoms with E-state index in [1.165, 1.54) is 0 Å². The molecule has 0 aliphatic carbocycles. The van der Waals surface area contributed by atoms with Crippen LogP contribution in [0.25, 0.3) is 0 Å². The number of carboxylic acid groups (broad SMARTS) is 4. The van der Waals surface area contributed by atoms with Crippen LogP contribution in [0.4, 0.5) is 0 Å². The Hall–Kier alpha value is -0.564. The third-order valence-corrected chi connectivity index (χ3v) is 1.79. The molecule has 2 atom stereocenters.